The molecule has 0 heterocycles. The Labute approximate surface area is 123 Å². The summed E-state index contributed by atoms with van der Waals surface area (Å²) in [6.07, 6.45) is 0. The standard InChI is InChI=1S/C13H8Cl2F2N2O/c14-7-2-1-3-10(11(7)15)20-12-8(16)4-6(13(18)19)5-9(12)17/h1-5H,(H3,18,19). The number of rotatable bonds is 3. The Balaban J connectivity index is 2.44. The van der Waals surface area contributed by atoms with E-state index in [-0.39, 0.29) is 21.4 Å². The van der Waals surface area contributed by atoms with Gasteiger partial charge < -0.3 is 10.5 Å². The van der Waals surface area contributed by atoms with Crippen molar-refractivity contribution in [2.24, 2.45) is 5.73 Å². The molecule has 20 heavy (non-hydrogen) atoms. The lowest BCUT2D eigenvalue weighted by atomic mass is 10.2. The van der Waals surface area contributed by atoms with Gasteiger partial charge in [-0.05, 0) is 24.3 Å². The zero-order chi connectivity index (χ0) is 14.9. The summed E-state index contributed by atoms with van der Waals surface area (Å²) in [5.41, 5.74) is 5.09. The third kappa shape index (κ3) is 2.84. The topological polar surface area (TPSA) is 59.1 Å². The highest BCUT2D eigenvalue weighted by Gasteiger charge is 2.16. The number of nitrogens with two attached hydrogens (primary N) is 1. The van der Waals surface area contributed by atoms with Gasteiger partial charge in [0.25, 0.3) is 0 Å². The minimum atomic E-state index is -0.994. The third-order valence-electron chi connectivity index (χ3n) is 2.44. The van der Waals surface area contributed by atoms with Crippen molar-refractivity contribution in [1.29, 1.82) is 5.41 Å². The number of nitrogens with one attached hydrogen (secondary N) is 1. The number of ether oxygens (including phenoxy) is 1. The first-order valence-electron chi connectivity index (χ1n) is 5.35. The number of amidine groups is 1. The summed E-state index contributed by atoms with van der Waals surface area (Å²) in [4.78, 5) is 0. The van der Waals surface area contributed by atoms with Crippen LogP contribution in [0.4, 0.5) is 8.78 Å². The van der Waals surface area contributed by atoms with Gasteiger partial charge in [-0.1, -0.05) is 29.3 Å². The van der Waals surface area contributed by atoms with Crippen LogP contribution in [0.1, 0.15) is 5.56 Å². The van der Waals surface area contributed by atoms with Crippen LogP contribution in [-0.2, 0) is 0 Å². The van der Waals surface area contributed by atoms with Crippen LogP contribution in [0.25, 0.3) is 0 Å². The van der Waals surface area contributed by atoms with Crippen molar-refractivity contribution in [1.82, 2.24) is 0 Å². The zero-order valence-corrected chi connectivity index (χ0v) is 11.4. The molecular formula is C13H8Cl2F2N2O. The van der Waals surface area contributed by atoms with Gasteiger partial charge in [-0.15, -0.1) is 0 Å². The van der Waals surface area contributed by atoms with Crippen LogP contribution in [-0.4, -0.2) is 5.84 Å². The first-order chi connectivity index (χ1) is 9.40. The maximum absolute atomic E-state index is 13.8. The van der Waals surface area contributed by atoms with Crippen LogP contribution in [0, 0.1) is 17.0 Å². The summed E-state index contributed by atoms with van der Waals surface area (Å²) >= 11 is 11.7. The van der Waals surface area contributed by atoms with Crippen LogP contribution >= 0.6 is 23.2 Å². The first-order valence-corrected chi connectivity index (χ1v) is 6.11. The summed E-state index contributed by atoms with van der Waals surface area (Å²) in [6.45, 7) is 0. The highest BCUT2D eigenvalue weighted by molar-refractivity contribution is 6.42. The Kier molecular flexibility index (Phi) is 4.11. The zero-order valence-electron chi connectivity index (χ0n) is 9.88. The van der Waals surface area contributed by atoms with Gasteiger partial charge >= 0.3 is 0 Å². The summed E-state index contributed by atoms with van der Waals surface area (Å²) < 4.78 is 32.7. The van der Waals surface area contributed by atoms with E-state index in [2.05, 4.69) is 0 Å². The van der Waals surface area contributed by atoms with Gasteiger partial charge in [0.2, 0.25) is 0 Å². The summed E-state index contributed by atoms with van der Waals surface area (Å²) in [5.74, 6) is -3.06. The molecule has 7 heteroatoms. The molecule has 0 radical (unpaired) electrons. The second kappa shape index (κ2) is 5.64. The molecule has 0 aliphatic rings. The minimum Gasteiger partial charge on any atom is -0.450 e. The molecule has 3 nitrogen and oxygen atoms in total. The lowest BCUT2D eigenvalue weighted by molar-refractivity contribution is 0.407. The Hall–Kier alpha value is -1.85. The van der Waals surface area contributed by atoms with Crippen molar-refractivity contribution < 1.29 is 13.5 Å². The van der Waals surface area contributed by atoms with Crippen molar-refractivity contribution in [3.05, 3.63) is 57.6 Å². The van der Waals surface area contributed by atoms with Crippen LogP contribution < -0.4 is 10.5 Å². The molecule has 0 saturated heterocycles. The molecule has 2 aromatic rings. The van der Waals surface area contributed by atoms with E-state index in [4.69, 9.17) is 39.1 Å². The summed E-state index contributed by atoms with van der Waals surface area (Å²) in [6, 6.07) is 6.27. The third-order valence-corrected chi connectivity index (χ3v) is 3.24. The van der Waals surface area contributed by atoms with Crippen LogP contribution in [0.3, 0.4) is 0 Å². The fraction of sp³-hybridized carbons (Fsp3) is 0. The highest BCUT2D eigenvalue weighted by Crippen LogP contribution is 2.36. The second-order valence-corrected chi connectivity index (χ2v) is 4.62. The van der Waals surface area contributed by atoms with Crippen molar-refractivity contribution >= 4 is 29.0 Å². The van der Waals surface area contributed by atoms with E-state index in [0.717, 1.165) is 12.1 Å². The number of hydrogen-bond donors (Lipinski definition) is 2. The predicted molar refractivity (Wildman–Crippen MR) is 73.9 cm³/mol. The number of halogens is 4. The van der Waals surface area contributed by atoms with Crippen molar-refractivity contribution in [2.75, 3.05) is 0 Å². The fourth-order valence-electron chi connectivity index (χ4n) is 1.49. The van der Waals surface area contributed by atoms with E-state index in [1.54, 1.807) is 0 Å². The lowest BCUT2D eigenvalue weighted by Gasteiger charge is -2.11. The molecule has 0 saturated carbocycles. The van der Waals surface area contributed by atoms with Gasteiger partial charge in [0.05, 0.1) is 5.02 Å². The molecule has 0 aromatic heterocycles. The average molecular weight is 317 g/mol. The second-order valence-electron chi connectivity index (χ2n) is 3.84. The summed E-state index contributed by atoms with van der Waals surface area (Å²) in [7, 11) is 0. The van der Waals surface area contributed by atoms with Gasteiger partial charge in [-0.2, -0.15) is 0 Å². The van der Waals surface area contributed by atoms with Crippen LogP contribution in [0.15, 0.2) is 30.3 Å². The Morgan fingerprint density at radius 3 is 2.30 bits per heavy atom. The Bertz CT molecular complexity index is 669. The van der Waals surface area contributed by atoms with E-state index in [0.29, 0.717) is 0 Å². The van der Waals surface area contributed by atoms with Gasteiger partial charge in [-0.3, -0.25) is 5.41 Å². The van der Waals surface area contributed by atoms with Gasteiger partial charge in [0.15, 0.2) is 17.4 Å². The van der Waals surface area contributed by atoms with Crippen molar-refractivity contribution in [2.45, 2.75) is 0 Å². The molecule has 2 rings (SSSR count). The predicted octanol–water partition coefficient (Wildman–Crippen LogP) is 4.35. The lowest BCUT2D eigenvalue weighted by Crippen LogP contribution is -2.12. The van der Waals surface area contributed by atoms with E-state index in [1.165, 1.54) is 18.2 Å². The van der Waals surface area contributed by atoms with Gasteiger partial charge in [0.1, 0.15) is 16.6 Å². The molecular weight excluding hydrogens is 309 g/mol. The Morgan fingerprint density at radius 2 is 1.75 bits per heavy atom. The number of nitrogen functional groups attached to an aromatic ring is 1. The van der Waals surface area contributed by atoms with E-state index in [1.807, 2.05) is 0 Å². The minimum absolute atomic E-state index is 0.0209. The fourth-order valence-corrected chi connectivity index (χ4v) is 1.82. The molecule has 0 fully saturated rings. The molecule has 0 unspecified atom stereocenters. The largest absolute Gasteiger partial charge is 0.450 e. The van der Waals surface area contributed by atoms with Gasteiger partial charge in [0, 0.05) is 5.56 Å². The molecule has 2 aromatic carbocycles. The molecule has 0 amide bonds. The van der Waals surface area contributed by atoms with Crippen molar-refractivity contribution in [3.8, 4) is 11.5 Å². The quantitative estimate of drug-likeness (QED) is 0.653. The first kappa shape index (κ1) is 14.6. The monoisotopic (exact) mass is 316 g/mol. The SMILES string of the molecule is N=C(N)c1cc(F)c(Oc2cccc(Cl)c2Cl)c(F)c1. The van der Waals surface area contributed by atoms with E-state index < -0.39 is 23.2 Å². The number of hydrogen-bond acceptors (Lipinski definition) is 2. The Morgan fingerprint density at radius 1 is 1.15 bits per heavy atom. The summed E-state index contributed by atoms with van der Waals surface area (Å²) in [5, 5.41) is 7.39. The molecule has 0 atom stereocenters. The maximum atomic E-state index is 13.8. The molecule has 0 spiro atoms. The maximum Gasteiger partial charge on any atom is 0.198 e. The molecule has 0 aliphatic carbocycles. The smallest absolute Gasteiger partial charge is 0.198 e. The van der Waals surface area contributed by atoms with Crippen molar-refractivity contribution in [3.63, 3.8) is 0 Å². The molecule has 104 valence electrons. The molecule has 0 aliphatic heterocycles. The molecule has 0 bridgehead atoms. The average Bonchev–Trinajstić information content (AvgIpc) is 2.38. The van der Waals surface area contributed by atoms with Crippen LogP contribution in [0.5, 0.6) is 11.5 Å². The van der Waals surface area contributed by atoms with Crippen LogP contribution in [0.2, 0.25) is 10.0 Å². The van der Waals surface area contributed by atoms with Gasteiger partial charge in [-0.25, -0.2) is 8.78 Å². The number of benzene rings is 2. The normalized spacial score (nSPS) is 10.4. The van der Waals surface area contributed by atoms with E-state index in [9.17, 15) is 8.78 Å². The highest BCUT2D eigenvalue weighted by atomic mass is 35.5. The van der Waals surface area contributed by atoms with E-state index >= 15 is 0 Å². The molecule has 3 N–H and O–H groups in total.